The minimum Gasteiger partial charge on any atom is -0.481 e. The van der Waals surface area contributed by atoms with Gasteiger partial charge in [-0.15, -0.1) is 0 Å². The molecule has 0 aromatic carbocycles. The number of aromatic nitrogens is 4. The van der Waals surface area contributed by atoms with Gasteiger partial charge in [0.1, 0.15) is 5.52 Å². The van der Waals surface area contributed by atoms with Crippen LogP contribution in [0.2, 0.25) is 0 Å². The third kappa shape index (κ3) is 5.77. The summed E-state index contributed by atoms with van der Waals surface area (Å²) in [7, 11) is 1.57. The van der Waals surface area contributed by atoms with E-state index in [1.165, 1.54) is 0 Å². The van der Waals surface area contributed by atoms with E-state index in [1.54, 1.807) is 30.1 Å². The normalized spacial score (nSPS) is 11.6. The van der Waals surface area contributed by atoms with E-state index in [0.29, 0.717) is 48.9 Å². The summed E-state index contributed by atoms with van der Waals surface area (Å²) in [6.45, 7) is 7.71. The Labute approximate surface area is 181 Å². The van der Waals surface area contributed by atoms with E-state index in [0.717, 1.165) is 12.0 Å². The van der Waals surface area contributed by atoms with E-state index in [1.807, 2.05) is 32.9 Å². The number of methoxy groups -OCH3 is 1. The Morgan fingerprint density at radius 1 is 1.19 bits per heavy atom. The molecule has 0 aliphatic heterocycles. The molecule has 0 aliphatic carbocycles. The quantitative estimate of drug-likeness (QED) is 0.475. The number of fused-ring (bicyclic) bond motifs is 1. The van der Waals surface area contributed by atoms with E-state index in [9.17, 15) is 4.79 Å². The topological polar surface area (TPSA) is 117 Å². The number of nitrogens with two attached hydrogens (primary N) is 1. The number of hydrogen-bond donors (Lipinski definition) is 2. The van der Waals surface area contributed by atoms with Gasteiger partial charge in [-0.1, -0.05) is 6.92 Å². The van der Waals surface area contributed by atoms with Gasteiger partial charge < -0.3 is 25.1 Å². The molecule has 0 saturated heterocycles. The third-order valence-electron chi connectivity index (χ3n) is 4.59. The Kier molecular flexibility index (Phi) is 7.19. The van der Waals surface area contributed by atoms with Crippen molar-refractivity contribution < 1.29 is 9.47 Å². The highest BCUT2D eigenvalue weighted by Crippen LogP contribution is 2.22. The molecule has 3 aromatic heterocycles. The van der Waals surface area contributed by atoms with E-state index in [4.69, 9.17) is 15.2 Å². The molecule has 0 atom stereocenters. The molecule has 0 amide bonds. The minimum absolute atomic E-state index is 0.221. The maximum Gasteiger partial charge on any atom is 0.293 e. The number of hydrogen-bond acceptors (Lipinski definition) is 8. The zero-order valence-corrected chi connectivity index (χ0v) is 18.5. The van der Waals surface area contributed by atoms with E-state index >= 15 is 0 Å². The second-order valence-electron chi connectivity index (χ2n) is 8.02. The number of nitrogens with one attached hydrogen (secondary N) is 1. The summed E-state index contributed by atoms with van der Waals surface area (Å²) in [6, 6.07) is 5.50. The third-order valence-corrected chi connectivity index (χ3v) is 4.59. The van der Waals surface area contributed by atoms with Gasteiger partial charge in [0.25, 0.3) is 5.56 Å². The fourth-order valence-electron chi connectivity index (χ4n) is 3.01. The van der Waals surface area contributed by atoms with Crippen LogP contribution < -0.4 is 21.3 Å². The Morgan fingerprint density at radius 2 is 2.00 bits per heavy atom. The highest BCUT2D eigenvalue weighted by Gasteiger charge is 2.16. The molecule has 3 N–H and O–H groups in total. The van der Waals surface area contributed by atoms with E-state index in [-0.39, 0.29) is 11.4 Å². The molecule has 0 spiro atoms. The molecule has 0 unspecified atom stereocenters. The maximum atomic E-state index is 13.2. The van der Waals surface area contributed by atoms with Gasteiger partial charge in [-0.2, -0.15) is 0 Å². The lowest BCUT2D eigenvalue weighted by Gasteiger charge is -2.20. The second-order valence-corrected chi connectivity index (χ2v) is 8.02. The summed E-state index contributed by atoms with van der Waals surface area (Å²) in [4.78, 5) is 26.5. The predicted octanol–water partition coefficient (Wildman–Crippen LogP) is 2.44. The predicted molar refractivity (Wildman–Crippen MR) is 121 cm³/mol. The first-order valence-corrected chi connectivity index (χ1v) is 10.3. The largest absolute Gasteiger partial charge is 0.481 e. The molecule has 0 saturated carbocycles. The second kappa shape index (κ2) is 9.84. The van der Waals surface area contributed by atoms with Crippen LogP contribution in [-0.2, 0) is 11.3 Å². The molecule has 3 heterocycles. The summed E-state index contributed by atoms with van der Waals surface area (Å²) in [5.74, 6) is 0.775. The van der Waals surface area contributed by atoms with Crippen LogP contribution in [0.1, 0.15) is 27.2 Å². The molecule has 9 heteroatoms. The fourth-order valence-corrected chi connectivity index (χ4v) is 3.01. The fraction of sp³-hybridized carbons (Fsp3) is 0.455. The van der Waals surface area contributed by atoms with Crippen LogP contribution in [0.4, 0.5) is 5.82 Å². The molecule has 0 bridgehead atoms. The van der Waals surface area contributed by atoms with Crippen molar-refractivity contribution in [2.75, 3.05) is 32.2 Å². The number of rotatable bonds is 10. The maximum absolute atomic E-state index is 13.2. The van der Waals surface area contributed by atoms with Crippen LogP contribution in [-0.4, -0.2) is 51.9 Å². The molecule has 0 radical (unpaired) electrons. The van der Waals surface area contributed by atoms with Crippen molar-refractivity contribution in [1.82, 2.24) is 19.5 Å². The summed E-state index contributed by atoms with van der Waals surface area (Å²) in [5, 5.41) is 3.08. The Balaban J connectivity index is 2.03. The SMILES string of the molecule is CCCOCCn1c(=O)c(NCC(C)(C)N)nc2cnc(-c3ccc(OC)nc3)cc21. The first-order valence-electron chi connectivity index (χ1n) is 10.3. The summed E-state index contributed by atoms with van der Waals surface area (Å²) in [5.41, 5.74) is 8.15. The highest BCUT2D eigenvalue weighted by molar-refractivity contribution is 5.80. The van der Waals surface area contributed by atoms with Gasteiger partial charge in [0.2, 0.25) is 5.88 Å². The highest BCUT2D eigenvalue weighted by atomic mass is 16.5. The molecular formula is C22H30N6O3. The van der Waals surface area contributed by atoms with Crippen LogP contribution in [0, 0.1) is 0 Å². The number of anilines is 1. The van der Waals surface area contributed by atoms with Crippen molar-refractivity contribution in [2.45, 2.75) is 39.3 Å². The van der Waals surface area contributed by atoms with Gasteiger partial charge in [0.15, 0.2) is 5.82 Å². The van der Waals surface area contributed by atoms with Crippen molar-refractivity contribution >= 4 is 16.9 Å². The van der Waals surface area contributed by atoms with Crippen LogP contribution >= 0.6 is 0 Å². The summed E-state index contributed by atoms with van der Waals surface area (Å²) < 4.78 is 12.4. The molecule has 9 nitrogen and oxygen atoms in total. The van der Waals surface area contributed by atoms with Gasteiger partial charge >= 0.3 is 0 Å². The van der Waals surface area contributed by atoms with Crippen molar-refractivity contribution in [1.29, 1.82) is 0 Å². The lowest BCUT2D eigenvalue weighted by Crippen LogP contribution is -2.41. The molecule has 0 aliphatic rings. The van der Waals surface area contributed by atoms with Gasteiger partial charge in [0.05, 0.1) is 31.1 Å². The average Bonchev–Trinajstić information content (AvgIpc) is 2.76. The lowest BCUT2D eigenvalue weighted by atomic mass is 10.1. The Morgan fingerprint density at radius 3 is 2.65 bits per heavy atom. The lowest BCUT2D eigenvalue weighted by molar-refractivity contribution is 0.127. The minimum atomic E-state index is -0.485. The van der Waals surface area contributed by atoms with Gasteiger partial charge in [-0.05, 0) is 32.4 Å². The Bertz CT molecular complexity index is 1070. The number of ether oxygens (including phenoxy) is 2. The van der Waals surface area contributed by atoms with Crippen molar-refractivity contribution in [3.8, 4) is 17.1 Å². The zero-order valence-electron chi connectivity index (χ0n) is 18.5. The molecule has 3 aromatic rings. The van der Waals surface area contributed by atoms with Crippen molar-refractivity contribution in [3.63, 3.8) is 0 Å². The van der Waals surface area contributed by atoms with Crippen molar-refractivity contribution in [3.05, 3.63) is 40.9 Å². The van der Waals surface area contributed by atoms with E-state index in [2.05, 4.69) is 20.3 Å². The van der Waals surface area contributed by atoms with Gasteiger partial charge in [-0.3, -0.25) is 9.78 Å². The van der Waals surface area contributed by atoms with Crippen LogP contribution in [0.15, 0.2) is 35.4 Å². The summed E-state index contributed by atoms with van der Waals surface area (Å²) in [6.07, 6.45) is 4.27. The standard InChI is InChI=1S/C22H30N6O3/c1-5-9-31-10-8-28-18-11-16(15-6-7-19(30-4)25-12-15)24-13-17(18)27-20(21(28)29)26-14-22(2,3)23/h6-7,11-13H,5,8-10,14,23H2,1-4H3,(H,26,27). The van der Waals surface area contributed by atoms with Crippen LogP contribution in [0.25, 0.3) is 22.3 Å². The van der Waals surface area contributed by atoms with Crippen LogP contribution in [0.5, 0.6) is 5.88 Å². The first kappa shape index (κ1) is 22.6. The molecule has 31 heavy (non-hydrogen) atoms. The van der Waals surface area contributed by atoms with E-state index < -0.39 is 5.54 Å². The van der Waals surface area contributed by atoms with Crippen LogP contribution in [0.3, 0.4) is 0 Å². The Hall–Kier alpha value is -3.04. The number of pyridine rings is 2. The monoisotopic (exact) mass is 426 g/mol. The number of nitrogens with zero attached hydrogens (tertiary/aromatic N) is 4. The first-order chi connectivity index (χ1) is 14.8. The molecular weight excluding hydrogens is 396 g/mol. The van der Waals surface area contributed by atoms with Gasteiger partial charge in [0, 0.05) is 43.1 Å². The van der Waals surface area contributed by atoms with Crippen molar-refractivity contribution in [2.24, 2.45) is 5.73 Å². The average molecular weight is 427 g/mol. The molecule has 3 rings (SSSR count). The smallest absolute Gasteiger partial charge is 0.293 e. The zero-order chi connectivity index (χ0) is 22.4. The molecule has 166 valence electrons. The molecule has 0 fully saturated rings. The van der Waals surface area contributed by atoms with Gasteiger partial charge in [-0.25, -0.2) is 9.97 Å². The summed E-state index contributed by atoms with van der Waals surface area (Å²) >= 11 is 0.